The molecule has 0 spiro atoms. The quantitative estimate of drug-likeness (QED) is 0.307. The van der Waals surface area contributed by atoms with Crippen LogP contribution in [0.5, 0.6) is 0 Å². The summed E-state index contributed by atoms with van der Waals surface area (Å²) in [5.41, 5.74) is 5.22. The van der Waals surface area contributed by atoms with Gasteiger partial charge in [0.25, 0.3) is 0 Å². The lowest BCUT2D eigenvalue weighted by molar-refractivity contribution is 0.489. The van der Waals surface area contributed by atoms with Gasteiger partial charge >= 0.3 is 0 Å². The van der Waals surface area contributed by atoms with E-state index in [9.17, 15) is 0 Å². The first-order valence-corrected chi connectivity index (χ1v) is 10.8. The van der Waals surface area contributed by atoms with Crippen molar-refractivity contribution < 1.29 is 0 Å². The van der Waals surface area contributed by atoms with Crippen molar-refractivity contribution in [3.05, 3.63) is 96.6 Å². The highest BCUT2D eigenvalue weighted by molar-refractivity contribution is 5.81. The molecule has 1 atom stereocenters. The lowest BCUT2D eigenvalue weighted by Crippen LogP contribution is -2.25. The minimum Gasteiger partial charge on any atom is -0.310 e. The van der Waals surface area contributed by atoms with Gasteiger partial charge in [-0.3, -0.25) is 9.97 Å². The number of aryl methyl sites for hydroxylation is 1. The molecule has 2 aromatic carbocycles. The Bertz CT molecular complexity index is 1060. The van der Waals surface area contributed by atoms with Crippen molar-refractivity contribution >= 4 is 10.8 Å². The molecular formula is C28H33N3. The van der Waals surface area contributed by atoms with Crippen LogP contribution in [0.15, 0.2) is 85.5 Å². The van der Waals surface area contributed by atoms with E-state index in [4.69, 9.17) is 0 Å². The van der Waals surface area contributed by atoms with Crippen LogP contribution in [0.1, 0.15) is 44.7 Å². The maximum Gasteiger partial charge on any atom is 0.0346 e. The van der Waals surface area contributed by atoms with Gasteiger partial charge in [0.15, 0.2) is 0 Å². The standard InChI is InChI=1S/C27H29N3.CH4/c1-21(30-19-23-8-11-27-20-29-17-14-26(27)18-23)4-2-3-5-22-6-9-24(10-7-22)25-12-15-28-16-13-25;/h6-18,20-21,30H,2-5,19H2,1H3;1H4/t21-;/m1./s1. The van der Waals surface area contributed by atoms with Gasteiger partial charge in [-0.05, 0) is 78.1 Å². The fourth-order valence-electron chi connectivity index (χ4n) is 3.82. The van der Waals surface area contributed by atoms with Crippen LogP contribution in [-0.2, 0) is 13.0 Å². The fourth-order valence-corrected chi connectivity index (χ4v) is 3.82. The van der Waals surface area contributed by atoms with Crippen molar-refractivity contribution in [2.45, 2.75) is 52.6 Å². The van der Waals surface area contributed by atoms with Crippen molar-refractivity contribution in [2.75, 3.05) is 0 Å². The summed E-state index contributed by atoms with van der Waals surface area (Å²) in [6.45, 7) is 3.20. The van der Waals surface area contributed by atoms with Crippen molar-refractivity contribution in [1.82, 2.24) is 15.3 Å². The molecule has 160 valence electrons. The molecule has 0 amide bonds. The van der Waals surface area contributed by atoms with Gasteiger partial charge in [-0.1, -0.05) is 50.2 Å². The predicted molar refractivity (Wildman–Crippen MR) is 132 cm³/mol. The van der Waals surface area contributed by atoms with E-state index < -0.39 is 0 Å². The Balaban J connectivity index is 0.00000272. The van der Waals surface area contributed by atoms with Gasteiger partial charge in [-0.15, -0.1) is 0 Å². The third kappa shape index (κ3) is 6.47. The van der Waals surface area contributed by atoms with Crippen LogP contribution < -0.4 is 5.32 Å². The van der Waals surface area contributed by atoms with Gasteiger partial charge in [0.1, 0.15) is 0 Å². The van der Waals surface area contributed by atoms with Crippen molar-refractivity contribution in [1.29, 1.82) is 0 Å². The molecule has 4 rings (SSSR count). The summed E-state index contributed by atoms with van der Waals surface area (Å²) < 4.78 is 0. The molecule has 1 N–H and O–H groups in total. The Morgan fingerprint density at radius 1 is 0.742 bits per heavy atom. The highest BCUT2D eigenvalue weighted by Gasteiger charge is 2.04. The molecule has 0 aliphatic carbocycles. The molecule has 0 unspecified atom stereocenters. The van der Waals surface area contributed by atoms with E-state index in [0.29, 0.717) is 6.04 Å². The van der Waals surface area contributed by atoms with E-state index in [1.807, 2.05) is 24.8 Å². The number of benzene rings is 2. The highest BCUT2D eigenvalue weighted by Crippen LogP contribution is 2.20. The molecule has 31 heavy (non-hydrogen) atoms. The van der Waals surface area contributed by atoms with Gasteiger partial charge in [0, 0.05) is 42.8 Å². The van der Waals surface area contributed by atoms with Crippen LogP contribution in [0.4, 0.5) is 0 Å². The number of nitrogens with one attached hydrogen (secondary N) is 1. The summed E-state index contributed by atoms with van der Waals surface area (Å²) >= 11 is 0. The van der Waals surface area contributed by atoms with E-state index >= 15 is 0 Å². The van der Waals surface area contributed by atoms with E-state index in [-0.39, 0.29) is 7.43 Å². The zero-order chi connectivity index (χ0) is 20.6. The Morgan fingerprint density at radius 2 is 1.45 bits per heavy atom. The van der Waals surface area contributed by atoms with Gasteiger partial charge in [-0.25, -0.2) is 0 Å². The minimum absolute atomic E-state index is 0. The van der Waals surface area contributed by atoms with Crippen LogP contribution in [0, 0.1) is 0 Å². The second-order valence-electron chi connectivity index (χ2n) is 8.02. The number of rotatable bonds is 9. The van der Waals surface area contributed by atoms with Crippen LogP contribution in [0.25, 0.3) is 21.9 Å². The Hall–Kier alpha value is -3.04. The summed E-state index contributed by atoms with van der Waals surface area (Å²) in [5, 5.41) is 6.12. The molecule has 0 radical (unpaired) electrons. The first kappa shape index (κ1) is 22.6. The monoisotopic (exact) mass is 411 g/mol. The maximum atomic E-state index is 4.18. The van der Waals surface area contributed by atoms with E-state index in [1.54, 1.807) is 0 Å². The first-order chi connectivity index (χ1) is 14.8. The molecule has 0 aliphatic heterocycles. The summed E-state index contributed by atoms with van der Waals surface area (Å²) in [6.07, 6.45) is 12.3. The molecule has 0 bridgehead atoms. The molecule has 2 heterocycles. The summed E-state index contributed by atoms with van der Waals surface area (Å²) in [4.78, 5) is 8.27. The average Bonchev–Trinajstić information content (AvgIpc) is 2.81. The molecule has 0 saturated heterocycles. The number of aromatic nitrogens is 2. The Morgan fingerprint density at radius 3 is 2.26 bits per heavy atom. The molecule has 0 fully saturated rings. The summed E-state index contributed by atoms with van der Waals surface area (Å²) in [6, 6.07) is 22.3. The molecule has 3 nitrogen and oxygen atoms in total. The number of fused-ring (bicyclic) bond motifs is 1. The third-order valence-electron chi connectivity index (χ3n) is 5.68. The lowest BCUT2D eigenvalue weighted by atomic mass is 10.0. The van der Waals surface area contributed by atoms with Gasteiger partial charge < -0.3 is 5.32 Å². The maximum absolute atomic E-state index is 4.18. The largest absolute Gasteiger partial charge is 0.310 e. The second kappa shape index (κ2) is 11.4. The Kier molecular flexibility index (Phi) is 8.31. The third-order valence-corrected chi connectivity index (χ3v) is 5.68. The highest BCUT2D eigenvalue weighted by atomic mass is 14.9. The zero-order valence-corrected chi connectivity index (χ0v) is 17.6. The summed E-state index contributed by atoms with van der Waals surface area (Å²) in [5.74, 6) is 0. The topological polar surface area (TPSA) is 37.8 Å². The molecule has 3 heteroatoms. The Labute approximate surface area is 186 Å². The van der Waals surface area contributed by atoms with Crippen molar-refractivity contribution in [3.63, 3.8) is 0 Å². The SMILES string of the molecule is C.C[C@H](CCCCc1ccc(-c2ccncc2)cc1)NCc1ccc2cnccc2c1. The van der Waals surface area contributed by atoms with Gasteiger partial charge in [-0.2, -0.15) is 0 Å². The van der Waals surface area contributed by atoms with Crippen LogP contribution in [0.3, 0.4) is 0 Å². The smallest absolute Gasteiger partial charge is 0.0346 e. The van der Waals surface area contributed by atoms with Gasteiger partial charge in [0.2, 0.25) is 0 Å². The van der Waals surface area contributed by atoms with Crippen molar-refractivity contribution in [2.24, 2.45) is 0 Å². The van der Waals surface area contributed by atoms with Crippen molar-refractivity contribution in [3.8, 4) is 11.1 Å². The minimum atomic E-state index is 0. The first-order valence-electron chi connectivity index (χ1n) is 10.8. The van der Waals surface area contributed by atoms with Crippen LogP contribution in [0.2, 0.25) is 0 Å². The number of nitrogens with zero attached hydrogens (tertiary/aromatic N) is 2. The number of hydrogen-bond acceptors (Lipinski definition) is 3. The summed E-state index contributed by atoms with van der Waals surface area (Å²) in [7, 11) is 0. The molecule has 2 aromatic heterocycles. The second-order valence-corrected chi connectivity index (χ2v) is 8.02. The number of pyridine rings is 2. The molecule has 4 aromatic rings. The van der Waals surface area contributed by atoms with E-state index in [0.717, 1.165) is 13.0 Å². The zero-order valence-electron chi connectivity index (χ0n) is 17.6. The molecule has 0 saturated carbocycles. The number of unbranched alkanes of at least 4 members (excludes halogenated alkanes) is 1. The molecular weight excluding hydrogens is 378 g/mol. The number of hydrogen-bond donors (Lipinski definition) is 1. The van der Waals surface area contributed by atoms with E-state index in [2.05, 4.69) is 82.9 Å². The average molecular weight is 412 g/mol. The lowest BCUT2D eigenvalue weighted by Gasteiger charge is -2.14. The fraction of sp³-hybridized carbons (Fsp3) is 0.286. The normalized spacial score (nSPS) is 11.8. The predicted octanol–water partition coefficient (Wildman–Crippen LogP) is 6.82. The van der Waals surface area contributed by atoms with Crippen LogP contribution >= 0.6 is 0 Å². The van der Waals surface area contributed by atoms with E-state index in [1.165, 1.54) is 52.3 Å². The van der Waals surface area contributed by atoms with Crippen LogP contribution in [-0.4, -0.2) is 16.0 Å². The molecule has 0 aliphatic rings. The van der Waals surface area contributed by atoms with Gasteiger partial charge in [0.05, 0.1) is 0 Å².